The number of rotatable bonds is 5. The highest BCUT2D eigenvalue weighted by Gasteiger charge is 2.56. The normalized spacial score (nSPS) is 37.9. The highest BCUT2D eigenvalue weighted by atomic mass is 16.2. The Balaban J connectivity index is 1.44. The van der Waals surface area contributed by atoms with Crippen LogP contribution in [0.1, 0.15) is 38.5 Å². The van der Waals surface area contributed by atoms with Gasteiger partial charge in [-0.05, 0) is 55.9 Å². The molecule has 3 aliphatic rings. The van der Waals surface area contributed by atoms with Gasteiger partial charge in [-0.25, -0.2) is 0 Å². The molecule has 3 nitrogen and oxygen atoms in total. The molecule has 0 aromatic rings. The largest absolute Gasteiger partial charge is 0.355 e. The van der Waals surface area contributed by atoms with Crippen LogP contribution in [0.15, 0.2) is 0 Å². The second-order valence-corrected chi connectivity index (χ2v) is 6.04. The van der Waals surface area contributed by atoms with Crippen molar-refractivity contribution in [2.24, 2.45) is 28.9 Å². The van der Waals surface area contributed by atoms with Crippen LogP contribution in [0.2, 0.25) is 0 Å². The van der Waals surface area contributed by atoms with E-state index in [0.717, 1.165) is 31.3 Å². The van der Waals surface area contributed by atoms with E-state index in [0.29, 0.717) is 17.2 Å². The molecular weight excluding hydrogens is 200 g/mol. The van der Waals surface area contributed by atoms with Crippen molar-refractivity contribution in [2.75, 3.05) is 13.1 Å². The van der Waals surface area contributed by atoms with Crippen molar-refractivity contribution in [3.05, 3.63) is 0 Å². The first-order valence-corrected chi connectivity index (χ1v) is 6.74. The Kier molecular flexibility index (Phi) is 2.46. The van der Waals surface area contributed by atoms with Gasteiger partial charge in [-0.3, -0.25) is 4.79 Å². The minimum Gasteiger partial charge on any atom is -0.355 e. The van der Waals surface area contributed by atoms with Crippen LogP contribution in [0.4, 0.5) is 0 Å². The van der Waals surface area contributed by atoms with Gasteiger partial charge in [0.2, 0.25) is 5.91 Å². The summed E-state index contributed by atoms with van der Waals surface area (Å²) < 4.78 is 0. The highest BCUT2D eigenvalue weighted by Crippen LogP contribution is 2.57. The summed E-state index contributed by atoms with van der Waals surface area (Å²) in [5, 5.41) is 3.17. The van der Waals surface area contributed by atoms with E-state index in [2.05, 4.69) is 5.32 Å². The molecule has 0 aromatic heterocycles. The molecule has 1 amide bonds. The van der Waals surface area contributed by atoms with Crippen LogP contribution < -0.4 is 11.1 Å². The van der Waals surface area contributed by atoms with Gasteiger partial charge in [-0.15, -0.1) is 0 Å². The lowest BCUT2D eigenvalue weighted by atomic mass is 10.0. The number of hydrogen-bond acceptors (Lipinski definition) is 2. The summed E-state index contributed by atoms with van der Waals surface area (Å²) in [5.41, 5.74) is 5.98. The van der Waals surface area contributed by atoms with Crippen LogP contribution in [0.25, 0.3) is 0 Å². The molecule has 2 unspecified atom stereocenters. The van der Waals surface area contributed by atoms with Crippen LogP contribution >= 0.6 is 0 Å². The first-order valence-electron chi connectivity index (χ1n) is 6.74. The van der Waals surface area contributed by atoms with Gasteiger partial charge in [0.25, 0.3) is 0 Å². The van der Waals surface area contributed by atoms with Crippen molar-refractivity contribution < 1.29 is 4.79 Å². The van der Waals surface area contributed by atoms with Gasteiger partial charge in [0, 0.05) is 12.5 Å². The third kappa shape index (κ3) is 1.75. The Morgan fingerprint density at radius 1 is 1.31 bits per heavy atom. The fraction of sp³-hybridized carbons (Fsp3) is 0.923. The molecule has 0 radical (unpaired) electrons. The smallest absolute Gasteiger partial charge is 0.223 e. The zero-order chi connectivity index (χ0) is 11.2. The van der Waals surface area contributed by atoms with Crippen LogP contribution in [-0.4, -0.2) is 19.0 Å². The number of nitrogens with two attached hydrogens (primary N) is 1. The first kappa shape index (κ1) is 10.6. The molecule has 0 saturated heterocycles. The van der Waals surface area contributed by atoms with E-state index in [-0.39, 0.29) is 0 Å². The molecule has 16 heavy (non-hydrogen) atoms. The van der Waals surface area contributed by atoms with Crippen molar-refractivity contribution in [2.45, 2.75) is 38.5 Å². The molecule has 3 N–H and O–H groups in total. The predicted octanol–water partition coefficient (Wildman–Crippen LogP) is 1.28. The minimum atomic E-state index is 0.331. The van der Waals surface area contributed by atoms with Crippen molar-refractivity contribution in [3.8, 4) is 0 Å². The summed E-state index contributed by atoms with van der Waals surface area (Å²) >= 11 is 0. The molecule has 3 fully saturated rings. The molecule has 0 bridgehead atoms. The molecule has 3 rings (SSSR count). The summed E-state index contributed by atoms with van der Waals surface area (Å²) in [5.74, 6) is 2.19. The van der Waals surface area contributed by atoms with Gasteiger partial charge in [0.1, 0.15) is 0 Å². The molecule has 3 saturated carbocycles. The summed E-state index contributed by atoms with van der Waals surface area (Å²) in [6.07, 6.45) is 7.50. The van der Waals surface area contributed by atoms with E-state index >= 15 is 0 Å². The molecule has 90 valence electrons. The van der Waals surface area contributed by atoms with Gasteiger partial charge >= 0.3 is 0 Å². The predicted molar refractivity (Wildman–Crippen MR) is 62.7 cm³/mol. The summed E-state index contributed by atoms with van der Waals surface area (Å²) in [7, 11) is 0. The second-order valence-electron chi connectivity index (χ2n) is 6.04. The zero-order valence-corrected chi connectivity index (χ0v) is 9.87. The quantitative estimate of drug-likeness (QED) is 0.736. The van der Waals surface area contributed by atoms with Gasteiger partial charge in [-0.2, -0.15) is 0 Å². The van der Waals surface area contributed by atoms with Crippen molar-refractivity contribution in [1.82, 2.24) is 5.32 Å². The number of carbonyl (C=O) groups is 1. The molecular formula is C13H22N2O. The lowest BCUT2D eigenvalue weighted by Gasteiger charge is -2.15. The average molecular weight is 222 g/mol. The number of carbonyl (C=O) groups excluding carboxylic acids is 1. The zero-order valence-electron chi connectivity index (χ0n) is 9.87. The van der Waals surface area contributed by atoms with E-state index in [1.54, 1.807) is 0 Å². The molecule has 0 aromatic carbocycles. The Hall–Kier alpha value is -0.570. The van der Waals surface area contributed by atoms with E-state index in [1.807, 2.05) is 0 Å². The van der Waals surface area contributed by atoms with E-state index in [9.17, 15) is 4.79 Å². The van der Waals surface area contributed by atoms with Crippen molar-refractivity contribution in [3.63, 3.8) is 0 Å². The fourth-order valence-electron chi connectivity index (χ4n) is 3.60. The van der Waals surface area contributed by atoms with Gasteiger partial charge in [0.05, 0.1) is 0 Å². The molecule has 3 heteroatoms. The molecule has 0 heterocycles. The molecule has 0 spiro atoms. The Labute approximate surface area is 97.2 Å². The van der Waals surface area contributed by atoms with E-state index < -0.39 is 0 Å². The van der Waals surface area contributed by atoms with Crippen LogP contribution in [0, 0.1) is 23.2 Å². The third-order valence-electron chi connectivity index (χ3n) is 4.98. The summed E-state index contributed by atoms with van der Waals surface area (Å²) in [4.78, 5) is 12.0. The van der Waals surface area contributed by atoms with Crippen molar-refractivity contribution >= 4 is 5.91 Å². The maximum atomic E-state index is 12.0. The van der Waals surface area contributed by atoms with E-state index in [1.165, 1.54) is 32.1 Å². The number of nitrogens with one attached hydrogen (secondary N) is 1. The first-order chi connectivity index (χ1) is 7.76. The van der Waals surface area contributed by atoms with E-state index in [4.69, 9.17) is 5.73 Å². The fourth-order valence-corrected chi connectivity index (χ4v) is 3.60. The Morgan fingerprint density at radius 2 is 2.00 bits per heavy atom. The topological polar surface area (TPSA) is 55.1 Å². The lowest BCUT2D eigenvalue weighted by Crippen LogP contribution is -2.33. The van der Waals surface area contributed by atoms with Crippen molar-refractivity contribution in [1.29, 1.82) is 0 Å². The molecule has 3 aliphatic carbocycles. The summed E-state index contributed by atoms with van der Waals surface area (Å²) in [6, 6.07) is 0. The van der Waals surface area contributed by atoms with Crippen LogP contribution in [0.5, 0.6) is 0 Å². The Morgan fingerprint density at radius 3 is 2.56 bits per heavy atom. The maximum absolute atomic E-state index is 12.0. The molecule has 0 aliphatic heterocycles. The maximum Gasteiger partial charge on any atom is 0.223 e. The summed E-state index contributed by atoms with van der Waals surface area (Å²) in [6.45, 7) is 1.63. The monoisotopic (exact) mass is 222 g/mol. The van der Waals surface area contributed by atoms with Gasteiger partial charge in [0.15, 0.2) is 0 Å². The number of amides is 1. The third-order valence-corrected chi connectivity index (χ3v) is 4.98. The average Bonchev–Trinajstić information content (AvgIpc) is 3.15. The Bertz CT molecular complexity index is 288. The molecule has 2 atom stereocenters. The highest BCUT2D eigenvalue weighted by molar-refractivity contribution is 5.82. The van der Waals surface area contributed by atoms with Gasteiger partial charge in [-0.1, -0.05) is 6.42 Å². The van der Waals surface area contributed by atoms with Gasteiger partial charge < -0.3 is 11.1 Å². The lowest BCUT2D eigenvalue weighted by molar-refractivity contribution is -0.123. The number of hydrogen-bond donors (Lipinski definition) is 2. The SMILES string of the molecule is NCCC1(CNC(=O)C2C3CCCC32)CC1. The second kappa shape index (κ2) is 3.73. The number of fused-ring (bicyclic) bond motifs is 1. The van der Waals surface area contributed by atoms with Crippen LogP contribution in [-0.2, 0) is 4.79 Å². The minimum absolute atomic E-state index is 0.331. The standard InChI is InChI=1S/C13H22N2O/c14-7-6-13(4-5-13)8-15-12(16)11-9-2-1-3-10(9)11/h9-11H,1-8,14H2,(H,15,16). The van der Waals surface area contributed by atoms with Crippen LogP contribution in [0.3, 0.4) is 0 Å².